The van der Waals surface area contributed by atoms with E-state index >= 15 is 0 Å². The van der Waals surface area contributed by atoms with Crippen molar-refractivity contribution in [2.75, 3.05) is 17.2 Å². The molecule has 6 heteroatoms. The molecule has 2 aromatic carbocycles. The highest BCUT2D eigenvalue weighted by Crippen LogP contribution is 2.23. The van der Waals surface area contributed by atoms with Crippen molar-refractivity contribution in [3.63, 3.8) is 0 Å². The zero-order valence-corrected chi connectivity index (χ0v) is 14.0. The third-order valence-electron chi connectivity index (χ3n) is 3.76. The van der Waals surface area contributed by atoms with E-state index in [2.05, 4.69) is 16.0 Å². The van der Waals surface area contributed by atoms with Gasteiger partial charge in [-0.1, -0.05) is 12.1 Å². The van der Waals surface area contributed by atoms with Gasteiger partial charge in [-0.05, 0) is 56.2 Å². The Morgan fingerprint density at radius 3 is 2.40 bits per heavy atom. The SMILES string of the molecule is CCOC(=O)c1ccccc1Nc1ccc(NC(=O)NC2CC2)cc1. The van der Waals surface area contributed by atoms with Crippen molar-refractivity contribution in [3.8, 4) is 0 Å². The first-order valence-corrected chi connectivity index (χ1v) is 8.36. The van der Waals surface area contributed by atoms with Gasteiger partial charge in [-0.3, -0.25) is 0 Å². The minimum Gasteiger partial charge on any atom is -0.462 e. The Hall–Kier alpha value is -3.02. The van der Waals surface area contributed by atoms with Crippen LogP contribution in [0.15, 0.2) is 48.5 Å². The minimum absolute atomic E-state index is 0.184. The van der Waals surface area contributed by atoms with E-state index in [1.165, 1.54) is 0 Å². The van der Waals surface area contributed by atoms with Crippen LogP contribution in [0.25, 0.3) is 0 Å². The molecule has 0 spiro atoms. The fourth-order valence-corrected chi connectivity index (χ4v) is 2.35. The molecule has 2 amide bonds. The molecule has 1 aliphatic rings. The number of hydrogen-bond donors (Lipinski definition) is 3. The third kappa shape index (κ3) is 4.73. The van der Waals surface area contributed by atoms with Crippen molar-refractivity contribution >= 4 is 29.1 Å². The number of ether oxygens (including phenoxy) is 1. The number of carbonyl (C=O) groups excluding carboxylic acids is 2. The monoisotopic (exact) mass is 339 g/mol. The van der Waals surface area contributed by atoms with E-state index < -0.39 is 0 Å². The second kappa shape index (κ2) is 7.70. The fraction of sp³-hybridized carbons (Fsp3) is 0.263. The van der Waals surface area contributed by atoms with Gasteiger partial charge in [-0.2, -0.15) is 0 Å². The lowest BCUT2D eigenvalue weighted by Gasteiger charge is -2.12. The van der Waals surface area contributed by atoms with Crippen molar-refractivity contribution in [1.82, 2.24) is 5.32 Å². The van der Waals surface area contributed by atoms with E-state index in [1.54, 1.807) is 19.1 Å². The molecule has 0 aliphatic heterocycles. The van der Waals surface area contributed by atoms with E-state index in [4.69, 9.17) is 4.74 Å². The van der Waals surface area contributed by atoms with Gasteiger partial charge in [-0.15, -0.1) is 0 Å². The highest BCUT2D eigenvalue weighted by atomic mass is 16.5. The van der Waals surface area contributed by atoms with Crippen LogP contribution in [0.5, 0.6) is 0 Å². The summed E-state index contributed by atoms with van der Waals surface area (Å²) in [5.74, 6) is -0.361. The number of benzene rings is 2. The highest BCUT2D eigenvalue weighted by molar-refractivity contribution is 5.96. The quantitative estimate of drug-likeness (QED) is 0.698. The van der Waals surface area contributed by atoms with Crippen LogP contribution < -0.4 is 16.0 Å². The summed E-state index contributed by atoms with van der Waals surface area (Å²) in [6.45, 7) is 2.11. The summed E-state index contributed by atoms with van der Waals surface area (Å²) in [5.41, 5.74) is 2.68. The molecule has 130 valence electrons. The molecule has 2 aromatic rings. The number of nitrogens with one attached hydrogen (secondary N) is 3. The Morgan fingerprint density at radius 1 is 1.04 bits per heavy atom. The molecule has 3 rings (SSSR count). The summed E-state index contributed by atoms with van der Waals surface area (Å²) in [7, 11) is 0. The molecular formula is C19H21N3O3. The first-order chi connectivity index (χ1) is 12.2. The lowest BCUT2D eigenvalue weighted by atomic mass is 10.1. The van der Waals surface area contributed by atoms with Gasteiger partial charge in [-0.25, -0.2) is 9.59 Å². The fourth-order valence-electron chi connectivity index (χ4n) is 2.35. The van der Waals surface area contributed by atoms with Crippen molar-refractivity contribution in [1.29, 1.82) is 0 Å². The lowest BCUT2D eigenvalue weighted by molar-refractivity contribution is 0.0527. The van der Waals surface area contributed by atoms with Crippen LogP contribution >= 0.6 is 0 Å². The number of esters is 1. The summed E-state index contributed by atoms with van der Waals surface area (Å²) < 4.78 is 5.07. The number of hydrogen-bond acceptors (Lipinski definition) is 4. The lowest BCUT2D eigenvalue weighted by Crippen LogP contribution is -2.30. The van der Waals surface area contributed by atoms with Crippen LogP contribution in [-0.2, 0) is 4.74 Å². The molecule has 0 aromatic heterocycles. The second-order valence-corrected chi connectivity index (χ2v) is 5.84. The first kappa shape index (κ1) is 16.8. The Balaban J connectivity index is 1.65. The van der Waals surface area contributed by atoms with Crippen LogP contribution in [0.2, 0.25) is 0 Å². The molecule has 0 atom stereocenters. The summed E-state index contributed by atoms with van der Waals surface area (Å²) in [4.78, 5) is 23.7. The largest absolute Gasteiger partial charge is 0.462 e. The molecule has 0 bridgehead atoms. The Bertz CT molecular complexity index is 755. The maximum Gasteiger partial charge on any atom is 0.340 e. The number of carbonyl (C=O) groups is 2. The van der Waals surface area contributed by atoms with E-state index in [1.807, 2.05) is 36.4 Å². The van der Waals surface area contributed by atoms with Gasteiger partial charge in [0.15, 0.2) is 0 Å². The maximum absolute atomic E-state index is 12.0. The van der Waals surface area contributed by atoms with Gasteiger partial charge in [0.2, 0.25) is 0 Å². The molecule has 0 saturated heterocycles. The molecule has 1 aliphatic carbocycles. The van der Waals surface area contributed by atoms with E-state index in [-0.39, 0.29) is 12.0 Å². The average Bonchev–Trinajstić information content (AvgIpc) is 3.41. The highest BCUT2D eigenvalue weighted by Gasteiger charge is 2.23. The van der Waals surface area contributed by atoms with Gasteiger partial charge in [0, 0.05) is 17.4 Å². The third-order valence-corrected chi connectivity index (χ3v) is 3.76. The minimum atomic E-state index is -0.361. The zero-order valence-electron chi connectivity index (χ0n) is 14.0. The van der Waals surface area contributed by atoms with E-state index in [9.17, 15) is 9.59 Å². The summed E-state index contributed by atoms with van der Waals surface area (Å²) >= 11 is 0. The number of anilines is 3. The predicted molar refractivity (Wildman–Crippen MR) is 97.3 cm³/mol. The first-order valence-electron chi connectivity index (χ1n) is 8.36. The van der Waals surface area contributed by atoms with Crippen LogP contribution in [0, 0.1) is 0 Å². The molecule has 0 unspecified atom stereocenters. The molecule has 6 nitrogen and oxygen atoms in total. The standard InChI is InChI=1S/C19H21N3O3/c1-2-25-18(23)16-5-3-4-6-17(16)20-13-7-9-14(10-8-13)21-19(24)22-15-11-12-15/h3-10,15,20H,2,11-12H2,1H3,(H2,21,22,24). The van der Waals surface area contributed by atoms with Crippen LogP contribution in [0.1, 0.15) is 30.1 Å². The smallest absolute Gasteiger partial charge is 0.340 e. The number of urea groups is 1. The van der Waals surface area contributed by atoms with Gasteiger partial charge in [0.1, 0.15) is 0 Å². The van der Waals surface area contributed by atoms with Gasteiger partial charge < -0.3 is 20.7 Å². The van der Waals surface area contributed by atoms with Crippen LogP contribution in [-0.4, -0.2) is 24.6 Å². The van der Waals surface area contributed by atoms with Crippen LogP contribution in [0.4, 0.5) is 21.9 Å². The molecule has 1 saturated carbocycles. The number of para-hydroxylation sites is 1. The summed E-state index contributed by atoms with van der Waals surface area (Å²) in [6.07, 6.45) is 2.10. The molecule has 0 heterocycles. The van der Waals surface area contributed by atoms with Crippen molar-refractivity contribution in [2.24, 2.45) is 0 Å². The summed E-state index contributed by atoms with van der Waals surface area (Å²) in [5, 5.41) is 8.88. The molecule has 25 heavy (non-hydrogen) atoms. The van der Waals surface area contributed by atoms with Crippen molar-refractivity contribution in [3.05, 3.63) is 54.1 Å². The average molecular weight is 339 g/mol. The molecular weight excluding hydrogens is 318 g/mol. The molecule has 1 fully saturated rings. The van der Waals surface area contributed by atoms with Gasteiger partial charge in [0.25, 0.3) is 0 Å². The Kier molecular flexibility index (Phi) is 5.18. The van der Waals surface area contributed by atoms with Gasteiger partial charge >= 0.3 is 12.0 Å². The Labute approximate surface area is 146 Å². The van der Waals surface area contributed by atoms with Gasteiger partial charge in [0.05, 0.1) is 17.9 Å². The van der Waals surface area contributed by atoms with Crippen LogP contribution in [0.3, 0.4) is 0 Å². The molecule has 3 N–H and O–H groups in total. The van der Waals surface area contributed by atoms with E-state index in [0.29, 0.717) is 29.6 Å². The number of amides is 2. The molecule has 0 radical (unpaired) electrons. The zero-order chi connectivity index (χ0) is 17.6. The Morgan fingerprint density at radius 2 is 1.72 bits per heavy atom. The second-order valence-electron chi connectivity index (χ2n) is 5.84. The maximum atomic E-state index is 12.0. The summed E-state index contributed by atoms with van der Waals surface area (Å²) in [6, 6.07) is 14.6. The van der Waals surface area contributed by atoms with Crippen molar-refractivity contribution in [2.45, 2.75) is 25.8 Å². The topological polar surface area (TPSA) is 79.5 Å². The van der Waals surface area contributed by atoms with E-state index in [0.717, 1.165) is 18.5 Å². The normalized spacial score (nSPS) is 13.0. The predicted octanol–water partition coefficient (Wildman–Crippen LogP) is 3.89. The number of rotatable bonds is 6. The van der Waals surface area contributed by atoms with Crippen molar-refractivity contribution < 1.29 is 14.3 Å².